The molecule has 1 aliphatic carbocycles. The van der Waals surface area contributed by atoms with Crippen molar-refractivity contribution in [3.8, 4) is 0 Å². The molecule has 2 atom stereocenters. The van der Waals surface area contributed by atoms with Gasteiger partial charge in [-0.15, -0.1) is 0 Å². The smallest absolute Gasteiger partial charge is 0.0111 e. The molecule has 0 bridgehead atoms. The Kier molecular flexibility index (Phi) is 1.70. The van der Waals surface area contributed by atoms with Crippen molar-refractivity contribution in [3.05, 3.63) is 47.0 Å². The van der Waals surface area contributed by atoms with Crippen LogP contribution in [0.25, 0.3) is 10.8 Å². The first-order valence-corrected chi connectivity index (χ1v) is 5.72. The van der Waals surface area contributed by atoms with Gasteiger partial charge in [-0.1, -0.05) is 44.2 Å². The summed E-state index contributed by atoms with van der Waals surface area (Å²) in [6, 6.07) is 11.3. The van der Waals surface area contributed by atoms with Crippen LogP contribution in [0.4, 0.5) is 0 Å². The van der Waals surface area contributed by atoms with Crippen LogP contribution >= 0.6 is 0 Å². The third-order valence-corrected chi connectivity index (χ3v) is 4.05. The lowest BCUT2D eigenvalue weighted by molar-refractivity contribution is 0.655. The van der Waals surface area contributed by atoms with E-state index in [9.17, 15) is 0 Å². The first-order chi connectivity index (χ1) is 7.20. The van der Waals surface area contributed by atoms with Crippen LogP contribution < -0.4 is 0 Å². The predicted molar refractivity (Wildman–Crippen MR) is 65.5 cm³/mol. The van der Waals surface area contributed by atoms with Gasteiger partial charge in [0, 0.05) is 0 Å². The number of aryl methyl sites for hydroxylation is 1. The summed E-state index contributed by atoms with van der Waals surface area (Å²) in [4.78, 5) is 0. The van der Waals surface area contributed by atoms with Crippen molar-refractivity contribution in [2.45, 2.75) is 32.6 Å². The summed E-state index contributed by atoms with van der Waals surface area (Å²) < 4.78 is 0. The Morgan fingerprint density at radius 3 is 2.27 bits per heavy atom. The fourth-order valence-electron chi connectivity index (χ4n) is 2.91. The number of hydrogen-bond donors (Lipinski definition) is 0. The zero-order valence-electron chi connectivity index (χ0n) is 9.54. The van der Waals surface area contributed by atoms with Crippen LogP contribution in [0.1, 0.15) is 42.4 Å². The molecule has 76 valence electrons. The van der Waals surface area contributed by atoms with E-state index in [1.54, 1.807) is 11.1 Å². The van der Waals surface area contributed by atoms with Crippen LogP contribution in [0.3, 0.4) is 0 Å². The van der Waals surface area contributed by atoms with E-state index in [1.807, 2.05) is 0 Å². The first kappa shape index (κ1) is 8.96. The summed E-state index contributed by atoms with van der Waals surface area (Å²) >= 11 is 0. The molecule has 0 radical (unpaired) electrons. The van der Waals surface area contributed by atoms with Crippen molar-refractivity contribution >= 4 is 10.8 Å². The van der Waals surface area contributed by atoms with E-state index in [1.165, 1.54) is 16.3 Å². The van der Waals surface area contributed by atoms with Crippen molar-refractivity contribution in [1.82, 2.24) is 0 Å². The highest BCUT2D eigenvalue weighted by Crippen LogP contribution is 2.46. The molecule has 2 aromatic carbocycles. The minimum Gasteiger partial charge on any atom is -0.0613 e. The molecule has 1 aliphatic rings. The summed E-state index contributed by atoms with van der Waals surface area (Å²) in [5.41, 5.74) is 4.48. The molecular weight excluding hydrogens is 180 g/mol. The normalized spacial score (nSPS) is 23.7. The molecule has 0 nitrogen and oxygen atoms in total. The molecule has 0 saturated carbocycles. The monoisotopic (exact) mass is 196 g/mol. The van der Waals surface area contributed by atoms with Crippen molar-refractivity contribution in [2.24, 2.45) is 0 Å². The molecule has 0 aliphatic heterocycles. The second kappa shape index (κ2) is 2.85. The van der Waals surface area contributed by atoms with Gasteiger partial charge in [-0.05, 0) is 46.2 Å². The van der Waals surface area contributed by atoms with E-state index in [-0.39, 0.29) is 0 Å². The standard InChI is InChI=1S/C15H16/c1-9-7-8-14-11(3)10(2)13-6-4-5-12(9)15(13)14/h4-8,10-11H,1-3H3. The van der Waals surface area contributed by atoms with Gasteiger partial charge in [-0.25, -0.2) is 0 Å². The third-order valence-electron chi connectivity index (χ3n) is 4.05. The second-order valence-corrected chi connectivity index (χ2v) is 4.82. The van der Waals surface area contributed by atoms with Crippen LogP contribution in [0.15, 0.2) is 30.3 Å². The maximum absolute atomic E-state index is 2.34. The fraction of sp³-hybridized carbons (Fsp3) is 0.333. The summed E-state index contributed by atoms with van der Waals surface area (Å²) in [6.07, 6.45) is 0. The van der Waals surface area contributed by atoms with Crippen LogP contribution in [0.5, 0.6) is 0 Å². The molecule has 0 N–H and O–H groups in total. The first-order valence-electron chi connectivity index (χ1n) is 5.72. The molecule has 15 heavy (non-hydrogen) atoms. The van der Waals surface area contributed by atoms with Crippen LogP contribution in [-0.2, 0) is 0 Å². The Morgan fingerprint density at radius 2 is 1.53 bits per heavy atom. The number of benzene rings is 2. The number of rotatable bonds is 0. The predicted octanol–water partition coefficient (Wildman–Crippen LogP) is 4.37. The highest BCUT2D eigenvalue weighted by molar-refractivity contribution is 5.94. The topological polar surface area (TPSA) is 0 Å². The van der Waals surface area contributed by atoms with E-state index in [0.29, 0.717) is 11.8 Å². The Morgan fingerprint density at radius 1 is 0.867 bits per heavy atom. The second-order valence-electron chi connectivity index (χ2n) is 4.82. The van der Waals surface area contributed by atoms with Gasteiger partial charge in [-0.2, -0.15) is 0 Å². The number of hydrogen-bond acceptors (Lipinski definition) is 0. The van der Waals surface area contributed by atoms with Crippen molar-refractivity contribution in [1.29, 1.82) is 0 Å². The average molecular weight is 196 g/mol. The lowest BCUT2D eigenvalue weighted by Crippen LogP contribution is -1.95. The average Bonchev–Trinajstić information content (AvgIpc) is 2.50. The van der Waals surface area contributed by atoms with Gasteiger partial charge >= 0.3 is 0 Å². The van der Waals surface area contributed by atoms with E-state index in [0.717, 1.165) is 0 Å². The zero-order valence-corrected chi connectivity index (χ0v) is 9.54. The summed E-state index contributed by atoms with van der Waals surface area (Å²) in [5, 5.41) is 2.97. The third kappa shape index (κ3) is 1.02. The van der Waals surface area contributed by atoms with Crippen LogP contribution in [0, 0.1) is 6.92 Å². The minimum atomic E-state index is 0.672. The van der Waals surface area contributed by atoms with E-state index in [4.69, 9.17) is 0 Å². The largest absolute Gasteiger partial charge is 0.0613 e. The quantitative estimate of drug-likeness (QED) is 0.587. The van der Waals surface area contributed by atoms with Crippen molar-refractivity contribution in [3.63, 3.8) is 0 Å². The molecular formula is C15H16. The van der Waals surface area contributed by atoms with Gasteiger partial charge in [0.25, 0.3) is 0 Å². The fourth-order valence-corrected chi connectivity index (χ4v) is 2.91. The van der Waals surface area contributed by atoms with E-state index < -0.39 is 0 Å². The van der Waals surface area contributed by atoms with Crippen LogP contribution in [0.2, 0.25) is 0 Å². The molecule has 2 aromatic rings. The maximum Gasteiger partial charge on any atom is -0.0111 e. The highest BCUT2D eigenvalue weighted by Gasteiger charge is 2.27. The Hall–Kier alpha value is -1.30. The van der Waals surface area contributed by atoms with Gasteiger partial charge < -0.3 is 0 Å². The van der Waals surface area contributed by atoms with Crippen LogP contribution in [-0.4, -0.2) is 0 Å². The van der Waals surface area contributed by atoms with E-state index >= 15 is 0 Å². The Balaban J connectivity index is 2.51. The highest BCUT2D eigenvalue weighted by atomic mass is 14.3. The SMILES string of the molecule is Cc1ccc2c3c(cccc13)C(C)C2C. The molecule has 0 heterocycles. The zero-order chi connectivity index (χ0) is 10.6. The summed E-state index contributed by atoms with van der Waals surface area (Å²) in [6.45, 7) is 6.89. The summed E-state index contributed by atoms with van der Waals surface area (Å²) in [7, 11) is 0. The lowest BCUT2D eigenvalue weighted by Gasteiger charge is -2.10. The van der Waals surface area contributed by atoms with Gasteiger partial charge in [0.05, 0.1) is 0 Å². The Bertz CT molecular complexity index is 523. The van der Waals surface area contributed by atoms with Gasteiger partial charge in [0.15, 0.2) is 0 Å². The molecule has 0 amide bonds. The molecule has 0 heteroatoms. The molecule has 3 rings (SSSR count). The molecule has 0 saturated heterocycles. The van der Waals surface area contributed by atoms with Gasteiger partial charge in [0.1, 0.15) is 0 Å². The molecule has 0 fully saturated rings. The van der Waals surface area contributed by atoms with Crippen molar-refractivity contribution in [2.75, 3.05) is 0 Å². The molecule has 2 unspecified atom stereocenters. The van der Waals surface area contributed by atoms with Gasteiger partial charge in [-0.3, -0.25) is 0 Å². The molecule has 0 spiro atoms. The lowest BCUT2D eigenvalue weighted by atomic mass is 9.94. The minimum absolute atomic E-state index is 0.672. The summed E-state index contributed by atoms with van der Waals surface area (Å²) in [5.74, 6) is 1.34. The van der Waals surface area contributed by atoms with E-state index in [2.05, 4.69) is 51.1 Å². The Labute approximate surface area is 90.9 Å². The maximum atomic E-state index is 2.34. The van der Waals surface area contributed by atoms with Gasteiger partial charge in [0.2, 0.25) is 0 Å². The molecule has 0 aromatic heterocycles. The van der Waals surface area contributed by atoms with Crippen molar-refractivity contribution < 1.29 is 0 Å².